The molecular formula is C21H31N3O3. The zero-order chi connectivity index (χ0) is 19.2. The molecule has 3 amide bonds. The second kappa shape index (κ2) is 9.22. The molecule has 1 aromatic carbocycles. The van der Waals surface area contributed by atoms with E-state index in [-0.39, 0.29) is 24.0 Å². The van der Waals surface area contributed by atoms with Crippen LogP contribution in [0.5, 0.6) is 0 Å². The molecule has 2 heterocycles. The third-order valence-corrected chi connectivity index (χ3v) is 5.71. The van der Waals surface area contributed by atoms with Crippen molar-refractivity contribution in [1.82, 2.24) is 9.80 Å². The summed E-state index contributed by atoms with van der Waals surface area (Å²) in [7, 11) is 0. The second-order valence-electron chi connectivity index (χ2n) is 7.47. The monoisotopic (exact) mass is 373 g/mol. The summed E-state index contributed by atoms with van der Waals surface area (Å²) in [6.07, 6.45) is 4.47. The number of rotatable bonds is 4. The molecule has 0 saturated carbocycles. The Morgan fingerprint density at radius 3 is 2.22 bits per heavy atom. The molecule has 3 rings (SSSR count). The minimum atomic E-state index is -0.0573. The highest BCUT2D eigenvalue weighted by atomic mass is 16.5. The lowest BCUT2D eigenvalue weighted by Crippen LogP contribution is -2.53. The molecule has 0 unspecified atom stereocenters. The van der Waals surface area contributed by atoms with Crippen LogP contribution in [0.4, 0.5) is 10.5 Å². The Balaban J connectivity index is 1.53. The Kier molecular flexibility index (Phi) is 6.72. The van der Waals surface area contributed by atoms with E-state index in [9.17, 15) is 9.59 Å². The molecule has 0 atom stereocenters. The van der Waals surface area contributed by atoms with Crippen LogP contribution in [0.25, 0.3) is 0 Å². The van der Waals surface area contributed by atoms with E-state index in [4.69, 9.17) is 4.74 Å². The Hall–Kier alpha value is -2.08. The largest absolute Gasteiger partial charge is 0.381 e. The Morgan fingerprint density at radius 2 is 1.67 bits per heavy atom. The van der Waals surface area contributed by atoms with Gasteiger partial charge in [0.1, 0.15) is 0 Å². The molecule has 1 N–H and O–H groups in total. The van der Waals surface area contributed by atoms with Crippen molar-refractivity contribution in [3.63, 3.8) is 0 Å². The second-order valence-corrected chi connectivity index (χ2v) is 7.47. The zero-order valence-corrected chi connectivity index (χ0v) is 16.4. The molecule has 2 fully saturated rings. The smallest absolute Gasteiger partial charge is 0.321 e. The fourth-order valence-electron chi connectivity index (χ4n) is 4.15. The minimum Gasteiger partial charge on any atom is -0.381 e. The van der Waals surface area contributed by atoms with Gasteiger partial charge in [0, 0.05) is 51.0 Å². The van der Waals surface area contributed by atoms with Crippen LogP contribution in [-0.2, 0) is 16.0 Å². The summed E-state index contributed by atoms with van der Waals surface area (Å²) in [5.41, 5.74) is 2.08. The molecule has 6 heteroatoms. The van der Waals surface area contributed by atoms with E-state index < -0.39 is 0 Å². The van der Waals surface area contributed by atoms with E-state index in [1.54, 1.807) is 6.92 Å². The first-order valence-corrected chi connectivity index (χ1v) is 10.1. The first-order chi connectivity index (χ1) is 13.1. The number of nitrogens with zero attached hydrogens (tertiary/aromatic N) is 2. The van der Waals surface area contributed by atoms with Crippen LogP contribution in [0.2, 0.25) is 0 Å². The summed E-state index contributed by atoms with van der Waals surface area (Å²) < 4.78 is 5.44. The molecule has 2 aliphatic rings. The highest BCUT2D eigenvalue weighted by Crippen LogP contribution is 2.24. The van der Waals surface area contributed by atoms with Crippen LogP contribution < -0.4 is 5.32 Å². The standard InChI is InChI=1S/C21H31N3O3/c1-3-17-4-6-18(7-5-17)22-21(26)23-12-8-19(9-13-23)24(16(2)25)20-10-14-27-15-11-20/h4-7,19-20H,3,8-15H2,1-2H3,(H,22,26). The van der Waals surface area contributed by atoms with Crippen LogP contribution in [0, 0.1) is 0 Å². The third-order valence-electron chi connectivity index (χ3n) is 5.71. The number of amides is 3. The molecule has 6 nitrogen and oxygen atoms in total. The van der Waals surface area contributed by atoms with E-state index in [2.05, 4.69) is 17.1 Å². The normalized spacial score (nSPS) is 19.0. The van der Waals surface area contributed by atoms with E-state index >= 15 is 0 Å². The number of benzene rings is 1. The predicted molar refractivity (Wildman–Crippen MR) is 106 cm³/mol. The molecule has 0 aromatic heterocycles. The summed E-state index contributed by atoms with van der Waals surface area (Å²) in [5, 5.41) is 2.98. The highest BCUT2D eigenvalue weighted by Gasteiger charge is 2.33. The molecular weight excluding hydrogens is 342 g/mol. The van der Waals surface area contributed by atoms with Crippen molar-refractivity contribution in [2.75, 3.05) is 31.6 Å². The molecule has 0 bridgehead atoms. The molecule has 0 aliphatic carbocycles. The lowest BCUT2D eigenvalue weighted by Gasteiger charge is -2.43. The van der Waals surface area contributed by atoms with Crippen molar-refractivity contribution in [1.29, 1.82) is 0 Å². The quantitative estimate of drug-likeness (QED) is 0.881. The predicted octanol–water partition coefficient (Wildman–Crippen LogP) is 3.27. The van der Waals surface area contributed by atoms with Gasteiger partial charge in [-0.2, -0.15) is 0 Å². The molecule has 148 valence electrons. The first-order valence-electron chi connectivity index (χ1n) is 10.1. The third kappa shape index (κ3) is 5.01. The summed E-state index contributed by atoms with van der Waals surface area (Å²) >= 11 is 0. The average Bonchev–Trinajstić information content (AvgIpc) is 2.70. The summed E-state index contributed by atoms with van der Waals surface area (Å²) in [4.78, 5) is 28.7. The van der Waals surface area contributed by atoms with E-state index in [1.165, 1.54) is 5.56 Å². The van der Waals surface area contributed by atoms with Gasteiger partial charge in [-0.05, 0) is 49.8 Å². The topological polar surface area (TPSA) is 61.9 Å². The fraction of sp³-hybridized carbons (Fsp3) is 0.619. The number of aryl methyl sites for hydroxylation is 1. The average molecular weight is 373 g/mol. The van der Waals surface area contributed by atoms with Gasteiger partial charge in [0.05, 0.1) is 0 Å². The van der Waals surface area contributed by atoms with Crippen molar-refractivity contribution in [2.45, 2.75) is 58.0 Å². The molecule has 2 saturated heterocycles. The summed E-state index contributed by atoms with van der Waals surface area (Å²) in [6, 6.07) is 8.43. The maximum Gasteiger partial charge on any atom is 0.321 e. The van der Waals surface area contributed by atoms with Gasteiger partial charge in [0.2, 0.25) is 5.91 Å². The van der Waals surface area contributed by atoms with Gasteiger partial charge in [0.15, 0.2) is 0 Å². The number of carbonyl (C=O) groups excluding carboxylic acids is 2. The van der Waals surface area contributed by atoms with E-state index in [0.29, 0.717) is 13.1 Å². The van der Waals surface area contributed by atoms with Crippen molar-refractivity contribution in [3.05, 3.63) is 29.8 Å². The number of hydrogen-bond acceptors (Lipinski definition) is 3. The number of nitrogens with one attached hydrogen (secondary N) is 1. The first kappa shape index (κ1) is 19.7. The molecule has 0 radical (unpaired) electrons. The number of likely N-dealkylation sites (tertiary alicyclic amines) is 1. The lowest BCUT2D eigenvalue weighted by atomic mass is 9.98. The van der Waals surface area contributed by atoms with Crippen LogP contribution in [0.15, 0.2) is 24.3 Å². The Bertz CT molecular complexity index is 633. The molecule has 2 aliphatic heterocycles. The minimum absolute atomic E-state index is 0.0573. The molecule has 27 heavy (non-hydrogen) atoms. The van der Waals surface area contributed by atoms with E-state index in [0.717, 1.165) is 51.0 Å². The van der Waals surface area contributed by atoms with Crippen LogP contribution in [0.3, 0.4) is 0 Å². The maximum atomic E-state index is 12.6. The van der Waals surface area contributed by atoms with Crippen molar-refractivity contribution in [2.24, 2.45) is 0 Å². The van der Waals surface area contributed by atoms with Gasteiger partial charge in [-0.3, -0.25) is 4.79 Å². The number of anilines is 1. The van der Waals surface area contributed by atoms with Crippen LogP contribution in [-0.4, -0.2) is 60.1 Å². The maximum absolute atomic E-state index is 12.6. The van der Waals surface area contributed by atoms with Crippen molar-refractivity contribution in [3.8, 4) is 0 Å². The summed E-state index contributed by atoms with van der Waals surface area (Å²) in [6.45, 7) is 6.59. The van der Waals surface area contributed by atoms with Gasteiger partial charge < -0.3 is 19.9 Å². The van der Waals surface area contributed by atoms with Gasteiger partial charge in [0.25, 0.3) is 0 Å². The fourth-order valence-corrected chi connectivity index (χ4v) is 4.15. The number of ether oxygens (including phenoxy) is 1. The molecule has 1 aromatic rings. The number of hydrogen-bond donors (Lipinski definition) is 1. The number of urea groups is 1. The molecule has 0 spiro atoms. The Labute approximate surface area is 161 Å². The van der Waals surface area contributed by atoms with Gasteiger partial charge in [-0.1, -0.05) is 19.1 Å². The van der Waals surface area contributed by atoms with Crippen molar-refractivity contribution >= 4 is 17.6 Å². The van der Waals surface area contributed by atoms with Gasteiger partial charge in [-0.15, -0.1) is 0 Å². The zero-order valence-electron chi connectivity index (χ0n) is 16.4. The van der Waals surface area contributed by atoms with Crippen LogP contribution in [0.1, 0.15) is 45.1 Å². The summed E-state index contributed by atoms with van der Waals surface area (Å²) in [5.74, 6) is 0.140. The van der Waals surface area contributed by atoms with E-state index in [1.807, 2.05) is 29.2 Å². The van der Waals surface area contributed by atoms with Gasteiger partial charge in [-0.25, -0.2) is 4.79 Å². The Morgan fingerprint density at radius 1 is 1.07 bits per heavy atom. The van der Waals surface area contributed by atoms with Crippen molar-refractivity contribution < 1.29 is 14.3 Å². The SMILES string of the molecule is CCc1ccc(NC(=O)N2CCC(N(C(C)=O)C3CCOCC3)CC2)cc1. The highest BCUT2D eigenvalue weighted by molar-refractivity contribution is 5.89. The number of carbonyl (C=O) groups is 2. The number of piperidine rings is 1. The van der Waals surface area contributed by atoms with Crippen LogP contribution >= 0.6 is 0 Å². The van der Waals surface area contributed by atoms with Gasteiger partial charge >= 0.3 is 6.03 Å². The lowest BCUT2D eigenvalue weighted by molar-refractivity contribution is -0.137.